The zero-order chi connectivity index (χ0) is 27.7. The van der Waals surface area contributed by atoms with Gasteiger partial charge in [0.2, 0.25) is 0 Å². The lowest BCUT2D eigenvalue weighted by molar-refractivity contribution is -0.134. The fourth-order valence-electron chi connectivity index (χ4n) is 5.02. The molecular weight excluding hydrogens is 530 g/mol. The highest BCUT2D eigenvalue weighted by molar-refractivity contribution is 8.11. The standard InChI is InChI=1S/C30H31N3O6S/c1-35-26-17-16-21(18-27(26)37-23-12-8-9-13-23)19-28-33(25(20-36-28)22-10-4-2-5-11-22)30(34)29(32-31)40-39-38-24-14-6-3-7-15-24/h2-7,10-11,14-18,23,25,28H,8-9,12-13,19-20H2,1H3. The molecule has 3 aromatic rings. The smallest absolute Gasteiger partial charge is 0.444 e. The molecule has 2 fully saturated rings. The lowest BCUT2D eigenvalue weighted by Gasteiger charge is -2.27. The summed E-state index contributed by atoms with van der Waals surface area (Å²) in [5.74, 6) is 1.25. The van der Waals surface area contributed by atoms with E-state index in [1.807, 2.05) is 54.6 Å². The maximum Gasteiger partial charge on any atom is 0.444 e. The summed E-state index contributed by atoms with van der Waals surface area (Å²) in [5.41, 5.74) is 11.6. The first-order valence-corrected chi connectivity index (χ1v) is 14.0. The van der Waals surface area contributed by atoms with Crippen molar-refractivity contribution < 1.29 is 33.0 Å². The van der Waals surface area contributed by atoms with E-state index in [-0.39, 0.29) is 17.8 Å². The Morgan fingerprint density at radius 2 is 1.75 bits per heavy atom. The maximum atomic E-state index is 13.8. The molecule has 1 saturated carbocycles. The van der Waals surface area contributed by atoms with Gasteiger partial charge in [-0.05, 0) is 61.1 Å². The Bertz CT molecular complexity index is 1330. The second-order valence-corrected chi connectivity index (χ2v) is 10.3. The summed E-state index contributed by atoms with van der Waals surface area (Å²) in [4.78, 5) is 23.8. The average molecular weight is 562 g/mol. The first-order valence-electron chi connectivity index (χ1n) is 13.3. The molecule has 1 amide bonds. The Hall–Kier alpha value is -3.82. The summed E-state index contributed by atoms with van der Waals surface area (Å²) < 4.78 is 23.1. The van der Waals surface area contributed by atoms with Gasteiger partial charge in [-0.3, -0.25) is 9.69 Å². The number of para-hydroxylation sites is 1. The predicted octanol–water partition coefficient (Wildman–Crippen LogP) is 5.77. The van der Waals surface area contributed by atoms with E-state index in [1.54, 1.807) is 36.3 Å². The molecule has 1 aliphatic carbocycles. The van der Waals surface area contributed by atoms with Gasteiger partial charge in [-0.15, -0.1) is 4.33 Å². The average Bonchev–Trinajstić information content (AvgIpc) is 3.66. The SMILES string of the molecule is COc1ccc(CC2OCC(c3ccccc3)N2C(=O)C(=[N+]=[N-])SOOc2ccccc2)cc1OC1CCCC1. The third kappa shape index (κ3) is 6.66. The number of hydrogen-bond acceptors (Lipinski definition) is 7. The molecule has 0 radical (unpaired) electrons. The third-order valence-corrected chi connectivity index (χ3v) is 7.56. The molecule has 1 aliphatic heterocycles. The van der Waals surface area contributed by atoms with Crippen LogP contribution in [0.2, 0.25) is 0 Å². The van der Waals surface area contributed by atoms with Gasteiger partial charge in [0.1, 0.15) is 6.23 Å². The first-order chi connectivity index (χ1) is 19.7. The van der Waals surface area contributed by atoms with Gasteiger partial charge in [0.25, 0.3) is 0 Å². The molecule has 40 heavy (non-hydrogen) atoms. The van der Waals surface area contributed by atoms with Crippen molar-refractivity contribution in [2.75, 3.05) is 13.7 Å². The van der Waals surface area contributed by atoms with Gasteiger partial charge in [0.05, 0.1) is 25.9 Å². The van der Waals surface area contributed by atoms with Crippen molar-refractivity contribution in [1.82, 2.24) is 4.90 Å². The molecule has 5 rings (SSSR count). The Labute approximate surface area is 237 Å². The van der Waals surface area contributed by atoms with Crippen molar-refractivity contribution in [2.24, 2.45) is 0 Å². The van der Waals surface area contributed by atoms with Crippen LogP contribution in [0.3, 0.4) is 0 Å². The molecule has 1 saturated heterocycles. The molecule has 9 nitrogen and oxygen atoms in total. The largest absolute Gasteiger partial charge is 0.493 e. The van der Waals surface area contributed by atoms with E-state index in [9.17, 15) is 10.3 Å². The highest BCUT2D eigenvalue weighted by Crippen LogP contribution is 2.36. The van der Waals surface area contributed by atoms with Crippen molar-refractivity contribution >= 4 is 23.0 Å². The Balaban J connectivity index is 1.35. The van der Waals surface area contributed by atoms with Crippen LogP contribution in [0, 0.1) is 0 Å². The van der Waals surface area contributed by atoms with Gasteiger partial charge in [-0.2, -0.15) is 4.79 Å². The van der Waals surface area contributed by atoms with Crippen molar-refractivity contribution in [3.8, 4) is 17.2 Å². The number of methoxy groups -OCH3 is 1. The second kappa shape index (κ2) is 13.5. The highest BCUT2D eigenvalue weighted by atomic mass is 32.2. The van der Waals surface area contributed by atoms with Crippen LogP contribution in [0.25, 0.3) is 5.53 Å². The number of carbonyl (C=O) groups is 1. The molecule has 0 N–H and O–H groups in total. The number of benzene rings is 3. The molecule has 2 unspecified atom stereocenters. The zero-order valence-electron chi connectivity index (χ0n) is 22.2. The summed E-state index contributed by atoms with van der Waals surface area (Å²) >= 11 is 0.536. The molecule has 0 aromatic heterocycles. The number of amides is 1. The molecule has 2 aliphatic rings. The lowest BCUT2D eigenvalue weighted by atomic mass is 10.1. The normalized spacial score (nSPS) is 18.8. The Morgan fingerprint density at radius 3 is 2.45 bits per heavy atom. The molecule has 208 valence electrons. The van der Waals surface area contributed by atoms with Crippen LogP contribution < -0.4 is 14.4 Å². The van der Waals surface area contributed by atoms with E-state index >= 15 is 0 Å². The fourth-order valence-corrected chi connectivity index (χ4v) is 5.41. The number of hydrogen-bond donors (Lipinski definition) is 0. The summed E-state index contributed by atoms with van der Waals surface area (Å²) in [6.07, 6.45) is 4.31. The molecule has 0 spiro atoms. The maximum absolute atomic E-state index is 13.8. The molecule has 1 heterocycles. The van der Waals surface area contributed by atoms with Crippen LogP contribution in [0.5, 0.6) is 17.2 Å². The van der Waals surface area contributed by atoms with E-state index in [1.165, 1.54) is 0 Å². The number of rotatable bonds is 9. The fraction of sp³-hybridized carbons (Fsp3) is 0.333. The minimum Gasteiger partial charge on any atom is -0.493 e. The van der Waals surface area contributed by atoms with Crippen LogP contribution in [-0.4, -0.2) is 46.7 Å². The van der Waals surface area contributed by atoms with Crippen molar-refractivity contribution in [2.45, 2.75) is 50.5 Å². The molecule has 3 aromatic carbocycles. The molecular formula is C30H31N3O6S. The van der Waals surface area contributed by atoms with Crippen LogP contribution in [-0.2, 0) is 20.3 Å². The second-order valence-electron chi connectivity index (χ2n) is 9.59. The zero-order valence-corrected chi connectivity index (χ0v) is 23.0. The van der Waals surface area contributed by atoms with E-state index < -0.39 is 18.2 Å². The van der Waals surface area contributed by atoms with E-state index in [0.29, 0.717) is 35.7 Å². The lowest BCUT2D eigenvalue weighted by Crippen LogP contribution is -2.42. The van der Waals surface area contributed by atoms with Crippen LogP contribution >= 0.6 is 12.0 Å². The van der Waals surface area contributed by atoms with Gasteiger partial charge < -0.3 is 24.6 Å². The minimum absolute atomic E-state index is 0.172. The molecule has 0 bridgehead atoms. The Kier molecular flexibility index (Phi) is 9.36. The number of nitrogens with zero attached hydrogens (tertiary/aromatic N) is 3. The number of carbonyl (C=O) groups excluding carboxylic acids is 1. The highest BCUT2D eigenvalue weighted by Gasteiger charge is 2.44. The summed E-state index contributed by atoms with van der Waals surface area (Å²) in [6, 6.07) is 23.8. The van der Waals surface area contributed by atoms with E-state index in [4.69, 9.17) is 23.4 Å². The molecule has 10 heteroatoms. The van der Waals surface area contributed by atoms with E-state index in [0.717, 1.165) is 36.8 Å². The minimum atomic E-state index is -0.627. The van der Waals surface area contributed by atoms with Crippen LogP contribution in [0.1, 0.15) is 42.9 Å². The van der Waals surface area contributed by atoms with Crippen molar-refractivity contribution in [3.63, 3.8) is 0 Å². The Morgan fingerprint density at radius 1 is 1.02 bits per heavy atom. The summed E-state index contributed by atoms with van der Waals surface area (Å²) in [5, 5.41) is -0.285. The van der Waals surface area contributed by atoms with Crippen LogP contribution in [0.15, 0.2) is 78.9 Å². The monoisotopic (exact) mass is 561 g/mol. The van der Waals surface area contributed by atoms with Gasteiger partial charge in [-0.25, -0.2) is 0 Å². The van der Waals surface area contributed by atoms with Crippen LogP contribution in [0.4, 0.5) is 0 Å². The van der Waals surface area contributed by atoms with Gasteiger partial charge in [0.15, 0.2) is 29.3 Å². The number of ether oxygens (including phenoxy) is 3. The van der Waals surface area contributed by atoms with Gasteiger partial charge in [-0.1, -0.05) is 54.6 Å². The summed E-state index contributed by atoms with van der Waals surface area (Å²) in [6.45, 7) is 0.284. The van der Waals surface area contributed by atoms with Gasteiger partial charge in [0, 0.05) is 6.42 Å². The van der Waals surface area contributed by atoms with E-state index in [2.05, 4.69) is 4.79 Å². The van der Waals surface area contributed by atoms with Gasteiger partial charge >= 0.3 is 11.0 Å². The quantitative estimate of drug-likeness (QED) is 0.0621. The first kappa shape index (κ1) is 27.7. The topological polar surface area (TPSA) is 103 Å². The third-order valence-electron chi connectivity index (χ3n) is 7.01. The predicted molar refractivity (Wildman–Crippen MR) is 150 cm³/mol. The summed E-state index contributed by atoms with van der Waals surface area (Å²) in [7, 11) is 1.62. The van der Waals surface area contributed by atoms with Crippen molar-refractivity contribution in [1.29, 1.82) is 0 Å². The molecule has 2 atom stereocenters. The van der Waals surface area contributed by atoms with Crippen molar-refractivity contribution in [3.05, 3.63) is 95.5 Å².